The lowest BCUT2D eigenvalue weighted by Crippen LogP contribution is -2.38. The number of thioether (sulfide) groups is 1. The molecular weight excluding hydrogens is 178 g/mol. The maximum Gasteiger partial charge on any atom is 0.00951 e. The Bertz CT molecular complexity index is 138. The molecule has 1 fully saturated rings. The van der Waals surface area contributed by atoms with Gasteiger partial charge in [-0.15, -0.1) is 0 Å². The van der Waals surface area contributed by atoms with E-state index in [2.05, 4.69) is 25.4 Å². The van der Waals surface area contributed by atoms with E-state index in [1.807, 2.05) is 11.8 Å². The highest BCUT2D eigenvalue weighted by Crippen LogP contribution is 2.25. The molecule has 1 saturated carbocycles. The van der Waals surface area contributed by atoms with E-state index in [4.69, 9.17) is 0 Å². The third kappa shape index (κ3) is 3.90. The quantitative estimate of drug-likeness (QED) is 0.734. The Morgan fingerprint density at radius 3 is 2.77 bits per heavy atom. The number of rotatable bonds is 5. The fraction of sp³-hybridized carbons (Fsp3) is 1.00. The molecule has 78 valence electrons. The van der Waals surface area contributed by atoms with Crippen molar-refractivity contribution in [3.8, 4) is 0 Å². The third-order valence-electron chi connectivity index (χ3n) is 3.12. The lowest BCUT2D eigenvalue weighted by atomic mass is 10.1. The molecule has 0 spiro atoms. The molecule has 0 saturated heterocycles. The Morgan fingerprint density at radius 2 is 2.23 bits per heavy atom. The Hall–Kier alpha value is 0.310. The van der Waals surface area contributed by atoms with Gasteiger partial charge in [0.25, 0.3) is 0 Å². The van der Waals surface area contributed by atoms with E-state index in [-0.39, 0.29) is 0 Å². The summed E-state index contributed by atoms with van der Waals surface area (Å²) in [5.74, 6) is 2.19. The summed E-state index contributed by atoms with van der Waals surface area (Å²) in [7, 11) is 0. The highest BCUT2D eigenvalue weighted by Gasteiger charge is 2.23. The highest BCUT2D eigenvalue weighted by molar-refractivity contribution is 7.98. The van der Waals surface area contributed by atoms with Gasteiger partial charge in [-0.25, -0.2) is 0 Å². The topological polar surface area (TPSA) is 12.0 Å². The summed E-state index contributed by atoms with van der Waals surface area (Å²) in [5.41, 5.74) is 0. The minimum absolute atomic E-state index is 0.706. The summed E-state index contributed by atoms with van der Waals surface area (Å²) in [6, 6.07) is 1.51. The van der Waals surface area contributed by atoms with E-state index in [1.165, 1.54) is 31.4 Å². The summed E-state index contributed by atoms with van der Waals surface area (Å²) >= 11 is 1.95. The first-order valence-corrected chi connectivity index (χ1v) is 6.88. The van der Waals surface area contributed by atoms with E-state index in [1.54, 1.807) is 0 Å². The molecule has 1 aliphatic carbocycles. The van der Waals surface area contributed by atoms with Crippen molar-refractivity contribution in [2.75, 3.05) is 12.0 Å². The maximum atomic E-state index is 3.75. The largest absolute Gasteiger partial charge is 0.311 e. The molecule has 0 heterocycles. The monoisotopic (exact) mass is 201 g/mol. The average Bonchev–Trinajstić information content (AvgIpc) is 2.48. The second-order valence-electron chi connectivity index (χ2n) is 4.36. The molecule has 2 heteroatoms. The lowest BCUT2D eigenvalue weighted by Gasteiger charge is -2.22. The van der Waals surface area contributed by atoms with Crippen LogP contribution in [0.3, 0.4) is 0 Å². The van der Waals surface area contributed by atoms with E-state index in [0.717, 1.165) is 12.0 Å². The molecular formula is C11H23NS. The van der Waals surface area contributed by atoms with E-state index in [9.17, 15) is 0 Å². The molecule has 3 atom stereocenters. The van der Waals surface area contributed by atoms with E-state index >= 15 is 0 Å². The van der Waals surface area contributed by atoms with Crippen LogP contribution in [0.5, 0.6) is 0 Å². The van der Waals surface area contributed by atoms with Crippen molar-refractivity contribution in [2.24, 2.45) is 5.92 Å². The zero-order chi connectivity index (χ0) is 9.68. The Kier molecular flexibility index (Phi) is 5.18. The van der Waals surface area contributed by atoms with Gasteiger partial charge < -0.3 is 5.32 Å². The average molecular weight is 201 g/mol. The molecule has 3 unspecified atom stereocenters. The Balaban J connectivity index is 2.15. The van der Waals surface area contributed by atoms with Gasteiger partial charge in [0, 0.05) is 12.1 Å². The summed E-state index contributed by atoms with van der Waals surface area (Å²) in [4.78, 5) is 0. The molecule has 0 radical (unpaired) electrons. The fourth-order valence-corrected chi connectivity index (χ4v) is 2.73. The molecule has 1 N–H and O–H groups in total. The van der Waals surface area contributed by atoms with Crippen LogP contribution in [0.25, 0.3) is 0 Å². The lowest BCUT2D eigenvalue weighted by molar-refractivity contribution is 0.379. The minimum atomic E-state index is 0.706. The third-order valence-corrected chi connectivity index (χ3v) is 3.76. The van der Waals surface area contributed by atoms with Crippen molar-refractivity contribution in [3.63, 3.8) is 0 Å². The second kappa shape index (κ2) is 5.92. The molecule has 0 aromatic heterocycles. The summed E-state index contributed by atoms with van der Waals surface area (Å²) in [5, 5.41) is 3.75. The van der Waals surface area contributed by atoms with Gasteiger partial charge in [0.1, 0.15) is 0 Å². The molecule has 1 rings (SSSR count). The van der Waals surface area contributed by atoms with Gasteiger partial charge in [0.2, 0.25) is 0 Å². The maximum absolute atomic E-state index is 3.75. The predicted octanol–water partition coefficient (Wildman–Crippen LogP) is 2.91. The van der Waals surface area contributed by atoms with Crippen LogP contribution in [0, 0.1) is 5.92 Å². The molecule has 0 aromatic carbocycles. The Labute approximate surface area is 87.1 Å². The second-order valence-corrected chi connectivity index (χ2v) is 5.35. The van der Waals surface area contributed by atoms with Crippen molar-refractivity contribution < 1.29 is 0 Å². The van der Waals surface area contributed by atoms with Crippen LogP contribution >= 0.6 is 11.8 Å². The van der Waals surface area contributed by atoms with Crippen molar-refractivity contribution >= 4 is 11.8 Å². The standard InChI is InChI=1S/C11H23NS/c1-9-5-4-6-11(9)12-10(2)7-8-13-3/h9-12H,4-8H2,1-3H3. The number of hydrogen-bond acceptors (Lipinski definition) is 2. The van der Waals surface area contributed by atoms with Crippen LogP contribution in [0.4, 0.5) is 0 Å². The Morgan fingerprint density at radius 1 is 1.46 bits per heavy atom. The van der Waals surface area contributed by atoms with Crippen LogP contribution in [0.2, 0.25) is 0 Å². The van der Waals surface area contributed by atoms with E-state index < -0.39 is 0 Å². The van der Waals surface area contributed by atoms with Crippen molar-refractivity contribution in [3.05, 3.63) is 0 Å². The zero-order valence-corrected chi connectivity index (χ0v) is 9.99. The summed E-state index contributed by atoms with van der Waals surface area (Å²) < 4.78 is 0. The van der Waals surface area contributed by atoms with Gasteiger partial charge in [-0.1, -0.05) is 13.3 Å². The predicted molar refractivity (Wildman–Crippen MR) is 62.4 cm³/mol. The van der Waals surface area contributed by atoms with Gasteiger partial charge in [-0.2, -0.15) is 11.8 Å². The molecule has 0 aliphatic heterocycles. The van der Waals surface area contributed by atoms with Crippen LogP contribution in [0.1, 0.15) is 39.5 Å². The van der Waals surface area contributed by atoms with Gasteiger partial charge in [0.05, 0.1) is 0 Å². The first-order valence-electron chi connectivity index (χ1n) is 5.49. The SMILES string of the molecule is CSCCC(C)NC1CCCC1C. The first-order chi connectivity index (χ1) is 6.24. The van der Waals surface area contributed by atoms with Gasteiger partial charge in [-0.05, 0) is 44.1 Å². The molecule has 1 nitrogen and oxygen atoms in total. The van der Waals surface area contributed by atoms with Crippen LogP contribution < -0.4 is 5.32 Å². The zero-order valence-electron chi connectivity index (χ0n) is 9.18. The minimum Gasteiger partial charge on any atom is -0.311 e. The molecule has 0 aromatic rings. The summed E-state index contributed by atoms with van der Waals surface area (Å²) in [6.07, 6.45) is 7.74. The van der Waals surface area contributed by atoms with Crippen molar-refractivity contribution in [1.82, 2.24) is 5.32 Å². The number of hydrogen-bond donors (Lipinski definition) is 1. The van der Waals surface area contributed by atoms with Crippen LogP contribution in [-0.2, 0) is 0 Å². The highest BCUT2D eigenvalue weighted by atomic mass is 32.2. The number of nitrogens with one attached hydrogen (secondary N) is 1. The molecule has 1 aliphatic rings. The fourth-order valence-electron chi connectivity index (χ4n) is 2.14. The molecule has 13 heavy (non-hydrogen) atoms. The first kappa shape index (κ1) is 11.4. The normalized spacial score (nSPS) is 30.7. The summed E-state index contributed by atoms with van der Waals surface area (Å²) in [6.45, 7) is 4.70. The smallest absolute Gasteiger partial charge is 0.00951 e. The van der Waals surface area contributed by atoms with Gasteiger partial charge in [-0.3, -0.25) is 0 Å². The van der Waals surface area contributed by atoms with Crippen molar-refractivity contribution in [1.29, 1.82) is 0 Å². The van der Waals surface area contributed by atoms with Crippen LogP contribution in [-0.4, -0.2) is 24.1 Å². The molecule has 0 amide bonds. The van der Waals surface area contributed by atoms with Gasteiger partial charge >= 0.3 is 0 Å². The van der Waals surface area contributed by atoms with Crippen molar-refractivity contribution in [2.45, 2.75) is 51.6 Å². The molecule has 0 bridgehead atoms. The van der Waals surface area contributed by atoms with Gasteiger partial charge in [0.15, 0.2) is 0 Å². The van der Waals surface area contributed by atoms with Crippen LogP contribution in [0.15, 0.2) is 0 Å². The van der Waals surface area contributed by atoms with E-state index in [0.29, 0.717) is 6.04 Å².